The van der Waals surface area contributed by atoms with Gasteiger partial charge in [-0.2, -0.15) is 0 Å². The van der Waals surface area contributed by atoms with Crippen LogP contribution < -0.4 is 5.69 Å². The average Bonchev–Trinajstić information content (AvgIpc) is 2.76. The lowest BCUT2D eigenvalue weighted by molar-refractivity contribution is 0.573. The molecule has 0 amide bonds. The van der Waals surface area contributed by atoms with Gasteiger partial charge in [0.1, 0.15) is 0 Å². The van der Waals surface area contributed by atoms with E-state index in [1.165, 1.54) is 5.56 Å². The smallest absolute Gasteiger partial charge is 0.270 e. The molecule has 4 nitrogen and oxygen atoms in total. The molecular formula is C13H16BrN3OS. The molecule has 0 spiro atoms. The molecule has 0 radical (unpaired) electrons. The fourth-order valence-electron chi connectivity index (χ4n) is 1.66. The van der Waals surface area contributed by atoms with Crippen molar-refractivity contribution < 1.29 is 0 Å². The molecule has 0 fully saturated rings. The van der Waals surface area contributed by atoms with Gasteiger partial charge in [-0.05, 0) is 24.1 Å². The summed E-state index contributed by atoms with van der Waals surface area (Å²) in [5, 5.41) is 7.37. The van der Waals surface area contributed by atoms with Crippen molar-refractivity contribution in [1.29, 1.82) is 0 Å². The van der Waals surface area contributed by atoms with E-state index in [-0.39, 0.29) is 5.69 Å². The van der Waals surface area contributed by atoms with Gasteiger partial charge in [-0.25, -0.2) is 9.89 Å². The van der Waals surface area contributed by atoms with Crippen molar-refractivity contribution in [3.8, 4) is 0 Å². The Morgan fingerprint density at radius 3 is 2.79 bits per heavy atom. The third-order valence-corrected chi connectivity index (χ3v) is 4.32. The molecule has 1 heterocycles. The molecule has 0 aliphatic heterocycles. The lowest BCUT2D eigenvalue weighted by Crippen LogP contribution is -2.17. The molecule has 2 rings (SSSR count). The highest BCUT2D eigenvalue weighted by Crippen LogP contribution is 2.21. The molecule has 0 aliphatic rings. The topological polar surface area (TPSA) is 50.7 Å². The Bertz CT molecular complexity index is 576. The van der Waals surface area contributed by atoms with E-state index in [9.17, 15) is 4.79 Å². The Hall–Kier alpha value is -1.01. The van der Waals surface area contributed by atoms with Crippen LogP contribution >= 0.6 is 27.7 Å². The minimum atomic E-state index is -0.119. The second-order valence-corrected chi connectivity index (χ2v) is 6.09. The van der Waals surface area contributed by atoms with Crippen LogP contribution in [0.2, 0.25) is 0 Å². The molecule has 0 saturated heterocycles. The minimum absolute atomic E-state index is 0.119. The molecule has 0 atom stereocenters. The van der Waals surface area contributed by atoms with Gasteiger partial charge in [0.15, 0.2) is 5.16 Å². The normalized spacial score (nSPS) is 10.8. The average molecular weight is 342 g/mol. The fourth-order valence-corrected chi connectivity index (χ4v) is 2.85. The number of unbranched alkanes of at least 4 members (excludes halogenated alkanes) is 1. The quantitative estimate of drug-likeness (QED) is 0.819. The van der Waals surface area contributed by atoms with Crippen LogP contribution in [-0.4, -0.2) is 14.8 Å². The fraction of sp³-hybridized carbons (Fsp3) is 0.385. The van der Waals surface area contributed by atoms with Crippen LogP contribution in [0, 0.1) is 0 Å². The molecule has 0 aliphatic carbocycles. The van der Waals surface area contributed by atoms with Gasteiger partial charge in [-0.15, -0.1) is 5.10 Å². The number of nitrogens with one attached hydrogen (secondary N) is 1. The molecule has 1 N–H and O–H groups in total. The van der Waals surface area contributed by atoms with Gasteiger partial charge in [-0.3, -0.25) is 4.57 Å². The zero-order valence-electron chi connectivity index (χ0n) is 10.7. The summed E-state index contributed by atoms with van der Waals surface area (Å²) >= 11 is 5.00. The molecule has 0 unspecified atom stereocenters. The molecule has 2 aromatic rings. The first-order valence-electron chi connectivity index (χ1n) is 6.23. The molecule has 19 heavy (non-hydrogen) atoms. The van der Waals surface area contributed by atoms with Gasteiger partial charge in [-0.1, -0.05) is 53.2 Å². The lowest BCUT2D eigenvalue weighted by atomic mass is 10.2. The Kier molecular flexibility index (Phi) is 5.27. The summed E-state index contributed by atoms with van der Waals surface area (Å²) in [7, 11) is 0. The predicted molar refractivity (Wildman–Crippen MR) is 81.5 cm³/mol. The monoisotopic (exact) mass is 341 g/mol. The van der Waals surface area contributed by atoms with Crippen LogP contribution in [0.25, 0.3) is 0 Å². The summed E-state index contributed by atoms with van der Waals surface area (Å²) in [4.78, 5) is 11.6. The zero-order chi connectivity index (χ0) is 13.7. The van der Waals surface area contributed by atoms with Crippen LogP contribution in [0.4, 0.5) is 0 Å². The Morgan fingerprint density at radius 1 is 1.37 bits per heavy atom. The Morgan fingerprint density at radius 2 is 2.11 bits per heavy atom. The maximum absolute atomic E-state index is 11.6. The molecule has 102 valence electrons. The van der Waals surface area contributed by atoms with E-state index in [0.717, 1.165) is 34.8 Å². The number of benzene rings is 1. The highest BCUT2D eigenvalue weighted by molar-refractivity contribution is 9.10. The van der Waals surface area contributed by atoms with Gasteiger partial charge in [0.25, 0.3) is 0 Å². The molecular weight excluding hydrogens is 326 g/mol. The zero-order valence-corrected chi connectivity index (χ0v) is 13.1. The van der Waals surface area contributed by atoms with Crippen molar-refractivity contribution in [2.24, 2.45) is 0 Å². The Labute approximate surface area is 124 Å². The number of halogens is 1. The molecule has 0 saturated carbocycles. The number of hydrogen-bond acceptors (Lipinski definition) is 3. The highest BCUT2D eigenvalue weighted by atomic mass is 79.9. The third kappa shape index (κ3) is 3.98. The SMILES string of the molecule is CCCCn1c(SCc2ccc(Br)cc2)n[nH]c1=O. The first-order valence-corrected chi connectivity index (χ1v) is 8.01. The van der Waals surface area contributed by atoms with E-state index in [2.05, 4.69) is 45.2 Å². The number of thioether (sulfide) groups is 1. The van der Waals surface area contributed by atoms with Crippen molar-refractivity contribution in [2.45, 2.75) is 37.2 Å². The van der Waals surface area contributed by atoms with Crippen LogP contribution in [0.1, 0.15) is 25.3 Å². The van der Waals surface area contributed by atoms with E-state index in [1.54, 1.807) is 16.3 Å². The number of H-pyrrole nitrogens is 1. The number of aromatic amines is 1. The second-order valence-electron chi connectivity index (χ2n) is 4.23. The van der Waals surface area contributed by atoms with Gasteiger partial charge < -0.3 is 0 Å². The summed E-state index contributed by atoms with van der Waals surface area (Å²) in [5.74, 6) is 0.809. The standard InChI is InChI=1S/C13H16BrN3OS/c1-2-3-8-17-12(18)15-16-13(17)19-9-10-4-6-11(14)7-5-10/h4-7H,2-3,8-9H2,1H3,(H,15,18). The van der Waals surface area contributed by atoms with Gasteiger partial charge in [0.2, 0.25) is 0 Å². The maximum atomic E-state index is 11.6. The summed E-state index contributed by atoms with van der Waals surface area (Å²) in [6.45, 7) is 2.84. The first kappa shape index (κ1) is 14.4. The number of rotatable bonds is 6. The van der Waals surface area contributed by atoms with Crippen LogP contribution in [0.15, 0.2) is 38.7 Å². The largest absolute Gasteiger partial charge is 0.343 e. The van der Waals surface area contributed by atoms with Crippen molar-refractivity contribution in [3.63, 3.8) is 0 Å². The number of aromatic nitrogens is 3. The molecule has 1 aromatic carbocycles. The predicted octanol–water partition coefficient (Wildman–Crippen LogP) is 3.43. The lowest BCUT2D eigenvalue weighted by Gasteiger charge is -2.04. The van der Waals surface area contributed by atoms with Crippen LogP contribution in [0.3, 0.4) is 0 Å². The second kappa shape index (κ2) is 6.96. The van der Waals surface area contributed by atoms with E-state index >= 15 is 0 Å². The van der Waals surface area contributed by atoms with E-state index in [0.29, 0.717) is 0 Å². The first-order chi connectivity index (χ1) is 9.20. The summed E-state index contributed by atoms with van der Waals surface area (Å²) in [6.07, 6.45) is 2.06. The Balaban J connectivity index is 2.03. The van der Waals surface area contributed by atoms with E-state index < -0.39 is 0 Å². The van der Waals surface area contributed by atoms with Crippen molar-refractivity contribution in [1.82, 2.24) is 14.8 Å². The van der Waals surface area contributed by atoms with Crippen LogP contribution in [-0.2, 0) is 12.3 Å². The van der Waals surface area contributed by atoms with Gasteiger partial charge in [0.05, 0.1) is 0 Å². The molecule has 0 bridgehead atoms. The van der Waals surface area contributed by atoms with Crippen molar-refractivity contribution in [2.75, 3.05) is 0 Å². The number of nitrogens with zero attached hydrogens (tertiary/aromatic N) is 2. The van der Waals surface area contributed by atoms with Crippen LogP contribution in [0.5, 0.6) is 0 Å². The molecule has 6 heteroatoms. The summed E-state index contributed by atoms with van der Waals surface area (Å²) in [6, 6.07) is 8.17. The van der Waals surface area contributed by atoms with Gasteiger partial charge >= 0.3 is 5.69 Å². The van der Waals surface area contributed by atoms with Gasteiger partial charge in [0, 0.05) is 16.8 Å². The summed E-state index contributed by atoms with van der Waals surface area (Å²) < 4.78 is 2.79. The van der Waals surface area contributed by atoms with E-state index in [1.807, 2.05) is 12.1 Å². The maximum Gasteiger partial charge on any atom is 0.343 e. The highest BCUT2D eigenvalue weighted by Gasteiger charge is 2.08. The van der Waals surface area contributed by atoms with E-state index in [4.69, 9.17) is 0 Å². The summed E-state index contributed by atoms with van der Waals surface area (Å²) in [5.41, 5.74) is 1.09. The minimum Gasteiger partial charge on any atom is -0.270 e. The third-order valence-electron chi connectivity index (χ3n) is 2.74. The molecule has 1 aromatic heterocycles. The van der Waals surface area contributed by atoms with Crippen molar-refractivity contribution >= 4 is 27.7 Å². The van der Waals surface area contributed by atoms with Crippen molar-refractivity contribution in [3.05, 3.63) is 44.8 Å². The number of hydrogen-bond donors (Lipinski definition) is 1.